The van der Waals surface area contributed by atoms with Crippen LogP contribution in [0.2, 0.25) is 0 Å². The Hall–Kier alpha value is -2.48. The van der Waals surface area contributed by atoms with E-state index in [0.29, 0.717) is 25.0 Å². The number of thioether (sulfide) groups is 1. The number of anilines is 1. The van der Waals surface area contributed by atoms with Crippen molar-refractivity contribution in [1.82, 2.24) is 30.2 Å². The lowest BCUT2D eigenvalue weighted by molar-refractivity contribution is -0.137. The molecule has 2 amide bonds. The van der Waals surface area contributed by atoms with Gasteiger partial charge in [0.15, 0.2) is 22.8 Å². The van der Waals surface area contributed by atoms with Crippen LogP contribution >= 0.6 is 35.2 Å². The number of nitrogens with one attached hydrogen (secondary N) is 2. The number of imidazole rings is 1. The van der Waals surface area contributed by atoms with E-state index in [-0.39, 0.29) is 48.2 Å². The normalized spacial score (nSPS) is 21.8. The minimum Gasteiger partial charge on any atom is -0.396 e. The number of amides is 2. The highest BCUT2D eigenvalue weighted by atomic mass is 32.2. The number of hydrogen-bond donors (Lipinski definition) is 10. The number of phosphoric ester groups is 3. The second kappa shape index (κ2) is 20.3. The second-order valence-corrected chi connectivity index (χ2v) is 17.9. The summed E-state index contributed by atoms with van der Waals surface area (Å²) < 4.78 is 62.0. The monoisotopic (exact) mass is 867 g/mol. The van der Waals surface area contributed by atoms with Crippen molar-refractivity contribution in [3.05, 3.63) is 12.7 Å². The molecule has 29 heteroatoms. The largest absolute Gasteiger partial charge is 0.481 e. The highest BCUT2D eigenvalue weighted by Gasteiger charge is 2.50. The summed E-state index contributed by atoms with van der Waals surface area (Å²) in [5.41, 5.74) is 4.24. The highest BCUT2D eigenvalue weighted by molar-refractivity contribution is 8.13. The molecule has 7 atom stereocenters. The van der Waals surface area contributed by atoms with E-state index in [0.717, 1.165) is 29.0 Å². The van der Waals surface area contributed by atoms with Gasteiger partial charge in [-0.1, -0.05) is 25.6 Å². The maximum atomic E-state index is 12.7. The van der Waals surface area contributed by atoms with Gasteiger partial charge in [-0.15, -0.1) is 0 Å². The first-order valence-corrected chi connectivity index (χ1v) is 21.7. The second-order valence-electron chi connectivity index (χ2n) is 12.5. The van der Waals surface area contributed by atoms with Gasteiger partial charge in [0.1, 0.15) is 36.3 Å². The lowest BCUT2D eigenvalue weighted by Gasteiger charge is -2.30. The molecular formula is C26H44N7O18P3S. The number of unbranched alkanes of at least 4 members (excludes halogenated alkanes) is 1. The van der Waals surface area contributed by atoms with Gasteiger partial charge in [-0.3, -0.25) is 32.5 Å². The summed E-state index contributed by atoms with van der Waals surface area (Å²) in [4.78, 5) is 87.1. The highest BCUT2D eigenvalue weighted by Crippen LogP contribution is 2.61. The lowest BCUT2D eigenvalue weighted by Crippen LogP contribution is -2.46. The maximum Gasteiger partial charge on any atom is 0.481 e. The summed E-state index contributed by atoms with van der Waals surface area (Å²) in [6.45, 7) is 0.436. The fraction of sp³-hybridized carbons (Fsp3) is 0.692. The summed E-state index contributed by atoms with van der Waals surface area (Å²) in [6.07, 6.45) is -5.56. The van der Waals surface area contributed by atoms with Gasteiger partial charge in [-0.05, 0) is 12.8 Å². The van der Waals surface area contributed by atoms with Crippen LogP contribution in [0.1, 0.15) is 45.8 Å². The molecule has 1 aliphatic rings. The number of nitrogen functional groups attached to an aromatic ring is 1. The Morgan fingerprint density at radius 2 is 1.73 bits per heavy atom. The molecule has 0 radical (unpaired) electrons. The van der Waals surface area contributed by atoms with Crippen molar-refractivity contribution >= 4 is 69.1 Å². The number of aliphatic hydroxyl groups excluding tert-OH is 3. The molecule has 0 aromatic carbocycles. The number of carbonyl (C=O) groups is 3. The number of carbonyl (C=O) groups excluding carboxylic acids is 3. The Morgan fingerprint density at radius 3 is 2.40 bits per heavy atom. The van der Waals surface area contributed by atoms with Gasteiger partial charge in [0.05, 0.1) is 19.5 Å². The van der Waals surface area contributed by atoms with Crippen LogP contribution in [0.4, 0.5) is 5.82 Å². The Bertz CT molecular complexity index is 1780. The number of aromatic nitrogens is 4. The van der Waals surface area contributed by atoms with Crippen molar-refractivity contribution in [2.45, 2.75) is 70.2 Å². The average Bonchev–Trinajstić information content (AvgIpc) is 3.64. The summed E-state index contributed by atoms with van der Waals surface area (Å²) in [7, 11) is -16.4. The van der Waals surface area contributed by atoms with Crippen molar-refractivity contribution in [2.75, 3.05) is 44.4 Å². The van der Waals surface area contributed by atoms with E-state index in [1.807, 2.05) is 0 Å². The summed E-state index contributed by atoms with van der Waals surface area (Å²) in [5, 5.41) is 35.0. The van der Waals surface area contributed by atoms with E-state index in [4.69, 9.17) is 24.6 Å². The van der Waals surface area contributed by atoms with E-state index in [2.05, 4.69) is 34.4 Å². The number of phosphoric acid groups is 3. The molecule has 25 nitrogen and oxygen atoms in total. The molecule has 2 aromatic heterocycles. The van der Waals surface area contributed by atoms with Gasteiger partial charge >= 0.3 is 23.5 Å². The number of fused-ring (bicyclic) bond motifs is 1. The van der Waals surface area contributed by atoms with Crippen molar-refractivity contribution in [2.24, 2.45) is 5.41 Å². The molecule has 0 spiro atoms. The Morgan fingerprint density at radius 1 is 1.04 bits per heavy atom. The number of aliphatic hydroxyl groups is 3. The first-order valence-electron chi connectivity index (χ1n) is 16.2. The molecule has 3 rings (SSSR count). The molecule has 0 aliphatic carbocycles. The molecule has 1 fully saturated rings. The molecule has 312 valence electrons. The molecule has 55 heavy (non-hydrogen) atoms. The number of nitrogens with zero attached hydrogens (tertiary/aromatic N) is 4. The smallest absolute Gasteiger partial charge is 0.396 e. The average molecular weight is 868 g/mol. The number of ether oxygens (including phenoxy) is 1. The van der Waals surface area contributed by atoms with Crippen LogP contribution in [0.3, 0.4) is 0 Å². The van der Waals surface area contributed by atoms with Crippen LogP contribution in [0.25, 0.3) is 11.2 Å². The first-order chi connectivity index (χ1) is 25.6. The zero-order valence-corrected chi connectivity index (χ0v) is 32.8. The lowest BCUT2D eigenvalue weighted by atomic mass is 9.87. The van der Waals surface area contributed by atoms with E-state index >= 15 is 0 Å². The van der Waals surface area contributed by atoms with Crippen LogP contribution in [0.15, 0.2) is 12.7 Å². The van der Waals surface area contributed by atoms with Crippen LogP contribution in [-0.4, -0.2) is 134 Å². The fourth-order valence-corrected chi connectivity index (χ4v) is 8.30. The zero-order chi connectivity index (χ0) is 41.2. The van der Waals surface area contributed by atoms with Gasteiger partial charge in [0.2, 0.25) is 11.8 Å². The van der Waals surface area contributed by atoms with Gasteiger partial charge in [-0.25, -0.2) is 28.6 Å². The topological polar surface area (TPSA) is 384 Å². The van der Waals surface area contributed by atoms with Crippen LogP contribution in [-0.2, 0) is 50.7 Å². The van der Waals surface area contributed by atoms with Crippen molar-refractivity contribution < 1.29 is 85.6 Å². The van der Waals surface area contributed by atoms with Gasteiger partial charge in [0, 0.05) is 43.7 Å². The molecule has 3 heterocycles. The van der Waals surface area contributed by atoms with E-state index in [1.54, 1.807) is 0 Å². The van der Waals surface area contributed by atoms with Crippen LogP contribution < -0.4 is 16.4 Å². The van der Waals surface area contributed by atoms with Crippen LogP contribution in [0, 0.1) is 5.41 Å². The third-order valence-electron chi connectivity index (χ3n) is 7.55. The Labute approximate surface area is 317 Å². The summed E-state index contributed by atoms with van der Waals surface area (Å²) in [6, 6.07) is 0. The third-order valence-corrected chi connectivity index (χ3v) is 11.6. The van der Waals surface area contributed by atoms with Crippen molar-refractivity contribution in [3.63, 3.8) is 0 Å². The minimum absolute atomic E-state index is 0.000201. The zero-order valence-electron chi connectivity index (χ0n) is 29.3. The number of nitrogens with two attached hydrogens (primary N) is 1. The van der Waals surface area contributed by atoms with Gasteiger partial charge < -0.3 is 56.0 Å². The SMILES string of the molecule is CC(C)(COP(=O)(O)OP(=O)(O)OCC1OC(n2cnc3c(N)ncnc32)C(O)C1OP(=O)(O)O)C(O)C(=O)NCCC(=O)NCCSC(=O)CCCCO. The predicted octanol–water partition coefficient (Wildman–Crippen LogP) is -1.17. The minimum atomic E-state index is -5.57. The first kappa shape index (κ1) is 46.9. The third kappa shape index (κ3) is 14.8. The molecule has 7 unspecified atom stereocenters. The molecular weight excluding hydrogens is 823 g/mol. The number of rotatable bonds is 23. The summed E-state index contributed by atoms with van der Waals surface area (Å²) in [5.74, 6) is -1.16. The Kier molecular flexibility index (Phi) is 17.3. The maximum absolute atomic E-state index is 12.7. The Balaban J connectivity index is 1.49. The van der Waals surface area contributed by atoms with Gasteiger partial charge in [0.25, 0.3) is 0 Å². The summed E-state index contributed by atoms with van der Waals surface area (Å²) >= 11 is 1.04. The van der Waals surface area contributed by atoms with Crippen LogP contribution in [0.5, 0.6) is 0 Å². The van der Waals surface area contributed by atoms with Gasteiger partial charge in [-0.2, -0.15) is 4.31 Å². The number of hydrogen-bond acceptors (Lipinski definition) is 19. The molecule has 1 saturated heterocycles. The standard InChI is InChI=1S/C26H44N7O18P3S/c1-26(2,21(38)24(39)29-7-6-16(35)28-8-10-55-17(36)5-3-4-9-34)12-48-54(45,46)51-53(43,44)47-11-15-20(50-52(40,41)42)19(37)25(49-15)33-14-32-18-22(27)30-13-31-23(18)33/h13-15,19-21,25,34,37-38H,3-12H2,1-2H3,(H,28,35)(H,29,39)(H,43,44)(H,45,46)(H2,27,30,31)(H2,40,41,42). The molecule has 2 aromatic rings. The quantitative estimate of drug-likeness (QED) is 0.0464. The van der Waals surface area contributed by atoms with Crippen molar-refractivity contribution in [1.29, 1.82) is 0 Å². The molecule has 0 saturated carbocycles. The van der Waals surface area contributed by atoms with E-state index < -0.39 is 84.6 Å². The molecule has 0 bridgehead atoms. The van der Waals surface area contributed by atoms with E-state index in [9.17, 15) is 57.9 Å². The molecule has 1 aliphatic heterocycles. The fourth-order valence-electron chi connectivity index (χ4n) is 4.75. The van der Waals surface area contributed by atoms with E-state index in [1.165, 1.54) is 13.8 Å². The predicted molar refractivity (Wildman–Crippen MR) is 188 cm³/mol. The van der Waals surface area contributed by atoms with Crippen molar-refractivity contribution in [3.8, 4) is 0 Å². The molecule has 11 N–H and O–H groups in total.